The van der Waals surface area contributed by atoms with Crippen LogP contribution >= 0.6 is 12.4 Å². The maximum Gasteiger partial charge on any atom is 0.0463 e. The summed E-state index contributed by atoms with van der Waals surface area (Å²) in [7, 11) is 2.16. The van der Waals surface area contributed by atoms with Gasteiger partial charge in [0.1, 0.15) is 0 Å². The van der Waals surface area contributed by atoms with Crippen LogP contribution in [0, 0.1) is 5.92 Å². The smallest absolute Gasteiger partial charge is 0.0463 e. The van der Waals surface area contributed by atoms with Crippen LogP contribution in [-0.2, 0) is 5.54 Å². The number of hydrogen-bond donors (Lipinski definition) is 1. The van der Waals surface area contributed by atoms with Crippen LogP contribution in [0.15, 0.2) is 24.3 Å². The van der Waals surface area contributed by atoms with Crippen LogP contribution < -0.4 is 5.32 Å². The van der Waals surface area contributed by atoms with Gasteiger partial charge in [-0.15, -0.1) is 12.4 Å². The van der Waals surface area contributed by atoms with Gasteiger partial charge in [-0.3, -0.25) is 0 Å². The summed E-state index contributed by atoms with van der Waals surface area (Å²) in [4.78, 5) is 0. The molecule has 100 valence electrons. The van der Waals surface area contributed by atoms with Crippen LogP contribution in [-0.4, -0.2) is 7.05 Å². The van der Waals surface area contributed by atoms with E-state index in [4.69, 9.17) is 0 Å². The number of benzene rings is 1. The summed E-state index contributed by atoms with van der Waals surface area (Å²) in [6.45, 7) is 2.40. The van der Waals surface area contributed by atoms with Gasteiger partial charge in [0, 0.05) is 5.54 Å². The molecule has 1 aromatic carbocycles. The first-order valence-corrected chi connectivity index (χ1v) is 7.06. The summed E-state index contributed by atoms with van der Waals surface area (Å²) in [6.07, 6.45) is 6.87. The average Bonchev–Trinajstić information content (AvgIpc) is 2.39. The van der Waals surface area contributed by atoms with E-state index in [-0.39, 0.29) is 17.9 Å². The van der Waals surface area contributed by atoms with Crippen molar-refractivity contribution in [3.8, 4) is 0 Å². The zero-order valence-corrected chi connectivity index (χ0v) is 12.2. The fourth-order valence-corrected chi connectivity index (χ4v) is 4.27. The van der Waals surface area contributed by atoms with E-state index in [9.17, 15) is 0 Å². The molecule has 1 N–H and O–H groups in total. The molecule has 1 fully saturated rings. The number of nitrogens with one attached hydrogen (secondary N) is 1. The van der Waals surface area contributed by atoms with E-state index in [1.165, 1.54) is 32.1 Å². The predicted octanol–water partition coefficient (Wildman–Crippen LogP) is 4.22. The van der Waals surface area contributed by atoms with Crippen molar-refractivity contribution < 1.29 is 0 Å². The summed E-state index contributed by atoms with van der Waals surface area (Å²) in [5.41, 5.74) is 3.45. The van der Waals surface area contributed by atoms with Crippen molar-refractivity contribution in [3.05, 3.63) is 35.4 Å². The van der Waals surface area contributed by atoms with Gasteiger partial charge in [-0.05, 0) is 49.3 Å². The summed E-state index contributed by atoms with van der Waals surface area (Å²) < 4.78 is 0. The van der Waals surface area contributed by atoms with Crippen LogP contribution in [0.2, 0.25) is 0 Å². The second-order valence-electron chi connectivity index (χ2n) is 5.89. The van der Waals surface area contributed by atoms with Crippen molar-refractivity contribution in [3.63, 3.8) is 0 Å². The molecule has 2 aliphatic rings. The minimum Gasteiger partial charge on any atom is -0.310 e. The second kappa shape index (κ2) is 5.22. The maximum atomic E-state index is 3.70. The molecular weight excluding hydrogens is 242 g/mol. The number of halogens is 1. The van der Waals surface area contributed by atoms with Gasteiger partial charge in [-0.1, -0.05) is 44.0 Å². The Balaban J connectivity index is 0.00000120. The number of fused-ring (bicyclic) bond motifs is 3. The lowest BCUT2D eigenvalue weighted by Crippen LogP contribution is -2.51. The first-order chi connectivity index (χ1) is 8.28. The van der Waals surface area contributed by atoms with Crippen molar-refractivity contribution in [1.82, 2.24) is 5.32 Å². The predicted molar refractivity (Wildman–Crippen MR) is 79.4 cm³/mol. The number of hydrogen-bond acceptors (Lipinski definition) is 1. The molecule has 2 aliphatic carbocycles. The molecule has 0 spiro atoms. The lowest BCUT2D eigenvalue weighted by molar-refractivity contribution is 0.120. The molecule has 1 nitrogen and oxygen atoms in total. The molecule has 0 amide bonds. The van der Waals surface area contributed by atoms with Crippen molar-refractivity contribution in [1.29, 1.82) is 0 Å². The van der Waals surface area contributed by atoms with Gasteiger partial charge < -0.3 is 5.32 Å². The van der Waals surface area contributed by atoms with Crippen molar-refractivity contribution in [2.24, 2.45) is 5.92 Å². The zero-order valence-electron chi connectivity index (χ0n) is 11.4. The molecule has 3 atom stereocenters. The summed E-state index contributed by atoms with van der Waals surface area (Å²) in [5.74, 6) is 1.57. The molecule has 0 heterocycles. The van der Waals surface area contributed by atoms with Crippen LogP contribution in [0.3, 0.4) is 0 Å². The van der Waals surface area contributed by atoms with Gasteiger partial charge in [-0.25, -0.2) is 0 Å². The molecule has 1 saturated carbocycles. The summed E-state index contributed by atoms with van der Waals surface area (Å²) in [6, 6.07) is 9.10. The van der Waals surface area contributed by atoms with Crippen molar-refractivity contribution in [2.75, 3.05) is 7.05 Å². The van der Waals surface area contributed by atoms with E-state index in [1.54, 1.807) is 11.1 Å². The maximum absolute atomic E-state index is 3.70. The van der Waals surface area contributed by atoms with E-state index in [0.29, 0.717) is 0 Å². The molecule has 0 saturated heterocycles. The van der Waals surface area contributed by atoms with Gasteiger partial charge in [-0.2, -0.15) is 0 Å². The summed E-state index contributed by atoms with van der Waals surface area (Å²) >= 11 is 0. The van der Waals surface area contributed by atoms with Gasteiger partial charge >= 0.3 is 0 Å². The van der Waals surface area contributed by atoms with Gasteiger partial charge in [0.2, 0.25) is 0 Å². The van der Waals surface area contributed by atoms with Gasteiger partial charge in [0.25, 0.3) is 0 Å². The second-order valence-corrected chi connectivity index (χ2v) is 5.89. The number of rotatable bonds is 1. The SMILES string of the molecule is CNC12CCCCC1CC(C)c1ccccc12.Cl. The Kier molecular flexibility index (Phi) is 4.03. The highest BCUT2D eigenvalue weighted by atomic mass is 35.5. The molecule has 2 heteroatoms. The van der Waals surface area contributed by atoms with E-state index >= 15 is 0 Å². The lowest BCUT2D eigenvalue weighted by Gasteiger charge is -2.50. The Morgan fingerprint density at radius 3 is 2.78 bits per heavy atom. The molecule has 0 aliphatic heterocycles. The molecular formula is C16H24ClN. The minimum absolute atomic E-state index is 0. The highest BCUT2D eigenvalue weighted by Gasteiger charge is 2.45. The first-order valence-electron chi connectivity index (χ1n) is 7.06. The van der Waals surface area contributed by atoms with Gasteiger partial charge in [0.05, 0.1) is 0 Å². The Bertz CT molecular complexity index is 417. The largest absolute Gasteiger partial charge is 0.310 e. The van der Waals surface area contributed by atoms with Crippen LogP contribution in [0.4, 0.5) is 0 Å². The van der Waals surface area contributed by atoms with E-state index in [0.717, 1.165) is 11.8 Å². The summed E-state index contributed by atoms with van der Waals surface area (Å²) in [5, 5.41) is 3.70. The average molecular weight is 266 g/mol. The quantitative estimate of drug-likeness (QED) is 0.802. The molecule has 0 aromatic heterocycles. The van der Waals surface area contributed by atoms with E-state index < -0.39 is 0 Å². The zero-order chi connectivity index (χ0) is 11.9. The monoisotopic (exact) mass is 265 g/mol. The highest BCUT2D eigenvalue weighted by Crippen LogP contribution is 2.51. The third-order valence-electron chi connectivity index (χ3n) is 5.13. The van der Waals surface area contributed by atoms with E-state index in [1.807, 2.05) is 0 Å². The lowest BCUT2D eigenvalue weighted by atomic mass is 9.60. The third-order valence-corrected chi connectivity index (χ3v) is 5.13. The van der Waals surface area contributed by atoms with Crippen molar-refractivity contribution >= 4 is 12.4 Å². The van der Waals surface area contributed by atoms with Crippen LogP contribution in [0.5, 0.6) is 0 Å². The highest BCUT2D eigenvalue weighted by molar-refractivity contribution is 5.85. The Morgan fingerprint density at radius 1 is 1.22 bits per heavy atom. The fraction of sp³-hybridized carbons (Fsp3) is 0.625. The van der Waals surface area contributed by atoms with E-state index in [2.05, 4.69) is 43.6 Å². The van der Waals surface area contributed by atoms with Crippen LogP contribution in [0.1, 0.15) is 56.1 Å². The van der Waals surface area contributed by atoms with Crippen molar-refractivity contribution in [2.45, 2.75) is 50.5 Å². The standard InChI is InChI=1S/C16H23N.ClH/c1-12-11-13-7-5-6-10-16(13,17-2)15-9-4-3-8-14(12)15;/h3-4,8-9,12-13,17H,5-7,10-11H2,1-2H3;1H. The first kappa shape index (κ1) is 13.9. The van der Waals surface area contributed by atoms with Gasteiger partial charge in [0.15, 0.2) is 0 Å². The molecule has 3 rings (SSSR count). The molecule has 18 heavy (non-hydrogen) atoms. The fourth-order valence-electron chi connectivity index (χ4n) is 4.27. The normalized spacial score (nSPS) is 34.1. The topological polar surface area (TPSA) is 12.0 Å². The molecule has 0 bridgehead atoms. The third kappa shape index (κ3) is 1.88. The van der Waals surface area contributed by atoms with Crippen LogP contribution in [0.25, 0.3) is 0 Å². The Morgan fingerprint density at radius 2 is 2.00 bits per heavy atom. The molecule has 3 unspecified atom stereocenters. The molecule has 1 aromatic rings. The molecule has 0 radical (unpaired) electrons. The Hall–Kier alpha value is -0.530. The Labute approximate surface area is 117 Å². The minimum atomic E-state index is 0.